The van der Waals surface area contributed by atoms with Gasteiger partial charge in [-0.2, -0.15) is 5.10 Å². The number of rotatable bonds is 4. The van der Waals surface area contributed by atoms with Crippen LogP contribution in [-0.2, 0) is 13.5 Å². The molecule has 0 aliphatic rings. The molecule has 0 bridgehead atoms. The Morgan fingerprint density at radius 3 is 2.95 bits per heavy atom. The van der Waals surface area contributed by atoms with Gasteiger partial charge in [0.05, 0.1) is 28.6 Å². The van der Waals surface area contributed by atoms with Crippen LogP contribution in [0.25, 0.3) is 0 Å². The molecule has 0 aliphatic heterocycles. The van der Waals surface area contributed by atoms with Crippen LogP contribution in [0.1, 0.15) is 30.6 Å². The fourth-order valence-corrected chi connectivity index (χ4v) is 2.92. The highest BCUT2D eigenvalue weighted by Crippen LogP contribution is 2.24. The first kappa shape index (κ1) is 14.2. The average Bonchev–Trinajstić information content (AvgIpc) is 2.88. The summed E-state index contributed by atoms with van der Waals surface area (Å²) < 4.78 is 1.78. The van der Waals surface area contributed by atoms with E-state index in [-0.39, 0.29) is 11.6 Å². The zero-order valence-corrected chi connectivity index (χ0v) is 13.4. The number of aromatic nitrogens is 3. The molecule has 0 aromatic carbocycles. The zero-order valence-electron chi connectivity index (χ0n) is 11.0. The van der Waals surface area contributed by atoms with E-state index in [0.717, 1.165) is 17.1 Å². The molecule has 0 saturated heterocycles. The van der Waals surface area contributed by atoms with Crippen molar-refractivity contribution in [3.05, 3.63) is 37.1 Å². The van der Waals surface area contributed by atoms with Crippen LogP contribution in [0.5, 0.6) is 0 Å². The molecule has 5 nitrogen and oxygen atoms in total. The molecular weight excluding hydrogens is 328 g/mol. The van der Waals surface area contributed by atoms with Gasteiger partial charge in [0.15, 0.2) is 0 Å². The van der Waals surface area contributed by atoms with Gasteiger partial charge in [-0.1, -0.05) is 6.92 Å². The lowest BCUT2D eigenvalue weighted by molar-refractivity contribution is 0.700. The lowest BCUT2D eigenvalue weighted by atomic mass is 10.2. The molecule has 102 valence electrons. The number of anilines is 1. The zero-order chi connectivity index (χ0) is 14.0. The lowest BCUT2D eigenvalue weighted by Crippen LogP contribution is -2.22. The van der Waals surface area contributed by atoms with E-state index in [1.807, 2.05) is 12.3 Å². The third-order valence-electron chi connectivity index (χ3n) is 2.77. The van der Waals surface area contributed by atoms with Gasteiger partial charge < -0.3 is 5.32 Å². The molecule has 0 radical (unpaired) electrons. The van der Waals surface area contributed by atoms with Gasteiger partial charge in [0.25, 0.3) is 5.56 Å². The van der Waals surface area contributed by atoms with Crippen LogP contribution in [0.15, 0.2) is 20.8 Å². The van der Waals surface area contributed by atoms with Gasteiger partial charge >= 0.3 is 0 Å². The summed E-state index contributed by atoms with van der Waals surface area (Å²) in [5.74, 6) is 0. The van der Waals surface area contributed by atoms with Gasteiger partial charge in [0.1, 0.15) is 4.47 Å². The van der Waals surface area contributed by atoms with Crippen molar-refractivity contribution in [1.82, 2.24) is 14.8 Å². The summed E-state index contributed by atoms with van der Waals surface area (Å²) in [6, 6.07) is 0.0294. The fourth-order valence-electron chi connectivity index (χ4n) is 1.60. The molecule has 2 rings (SSSR count). The lowest BCUT2D eigenvalue weighted by Gasteiger charge is -2.14. The van der Waals surface area contributed by atoms with Crippen molar-refractivity contribution >= 4 is 33.0 Å². The van der Waals surface area contributed by atoms with Crippen molar-refractivity contribution < 1.29 is 0 Å². The Bertz CT molecular complexity index is 637. The van der Waals surface area contributed by atoms with Crippen LogP contribution in [-0.4, -0.2) is 14.8 Å². The van der Waals surface area contributed by atoms with E-state index >= 15 is 0 Å². The highest BCUT2D eigenvalue weighted by atomic mass is 79.9. The predicted molar refractivity (Wildman–Crippen MR) is 80.7 cm³/mol. The topological polar surface area (TPSA) is 59.8 Å². The van der Waals surface area contributed by atoms with E-state index in [4.69, 9.17) is 0 Å². The van der Waals surface area contributed by atoms with Crippen LogP contribution in [0, 0.1) is 0 Å². The first-order valence-corrected chi connectivity index (χ1v) is 7.62. The van der Waals surface area contributed by atoms with Gasteiger partial charge in [-0.15, -0.1) is 11.3 Å². The number of nitrogens with zero attached hydrogens (tertiary/aromatic N) is 3. The van der Waals surface area contributed by atoms with Crippen molar-refractivity contribution in [2.24, 2.45) is 7.05 Å². The van der Waals surface area contributed by atoms with Crippen LogP contribution in [0.2, 0.25) is 0 Å². The molecule has 0 saturated carbocycles. The molecule has 0 aliphatic carbocycles. The molecule has 0 amide bonds. The quantitative estimate of drug-likeness (QED) is 0.927. The fraction of sp³-hybridized carbons (Fsp3) is 0.417. The molecule has 0 spiro atoms. The molecule has 1 unspecified atom stereocenters. The van der Waals surface area contributed by atoms with E-state index in [1.54, 1.807) is 24.6 Å². The first-order valence-electron chi connectivity index (χ1n) is 5.95. The van der Waals surface area contributed by atoms with Gasteiger partial charge in [0, 0.05) is 12.4 Å². The molecule has 19 heavy (non-hydrogen) atoms. The van der Waals surface area contributed by atoms with Crippen molar-refractivity contribution in [2.75, 3.05) is 5.32 Å². The summed E-state index contributed by atoms with van der Waals surface area (Å²) in [6.07, 6.45) is 2.57. The minimum Gasteiger partial charge on any atom is -0.375 e. The molecule has 2 aromatic heterocycles. The summed E-state index contributed by atoms with van der Waals surface area (Å²) >= 11 is 4.95. The van der Waals surface area contributed by atoms with Crippen LogP contribution >= 0.6 is 27.3 Å². The maximum atomic E-state index is 11.8. The highest BCUT2D eigenvalue weighted by molar-refractivity contribution is 9.10. The second-order valence-corrected chi connectivity index (χ2v) is 5.92. The van der Waals surface area contributed by atoms with Gasteiger partial charge in [0.2, 0.25) is 0 Å². The van der Waals surface area contributed by atoms with E-state index < -0.39 is 0 Å². The Morgan fingerprint density at radius 1 is 1.58 bits per heavy atom. The maximum Gasteiger partial charge on any atom is 0.282 e. The molecule has 0 fully saturated rings. The van der Waals surface area contributed by atoms with E-state index in [2.05, 4.69) is 38.3 Å². The van der Waals surface area contributed by atoms with Gasteiger partial charge in [-0.3, -0.25) is 4.79 Å². The number of halogens is 1. The van der Waals surface area contributed by atoms with Crippen molar-refractivity contribution in [3.63, 3.8) is 0 Å². The smallest absolute Gasteiger partial charge is 0.282 e. The van der Waals surface area contributed by atoms with Crippen LogP contribution in [0.3, 0.4) is 0 Å². The van der Waals surface area contributed by atoms with E-state index in [0.29, 0.717) is 10.2 Å². The first-order chi connectivity index (χ1) is 9.02. The Balaban J connectivity index is 2.21. The minimum atomic E-state index is -0.162. The number of nitrogens with one attached hydrogen (secondary N) is 1. The largest absolute Gasteiger partial charge is 0.375 e. The summed E-state index contributed by atoms with van der Waals surface area (Å²) in [7, 11) is 1.62. The molecule has 1 atom stereocenters. The molecule has 2 heterocycles. The Kier molecular flexibility index (Phi) is 4.36. The summed E-state index contributed by atoms with van der Waals surface area (Å²) in [5, 5.41) is 10.4. The third-order valence-corrected chi connectivity index (χ3v) is 4.54. The Hall–Kier alpha value is -1.21. The monoisotopic (exact) mass is 342 g/mol. The van der Waals surface area contributed by atoms with Crippen molar-refractivity contribution in [1.29, 1.82) is 0 Å². The summed E-state index contributed by atoms with van der Waals surface area (Å²) in [5.41, 5.74) is 1.50. The van der Waals surface area contributed by atoms with Crippen molar-refractivity contribution in [2.45, 2.75) is 26.3 Å². The normalized spacial score (nSPS) is 12.4. The molecule has 1 N–H and O–H groups in total. The van der Waals surface area contributed by atoms with Crippen LogP contribution in [0.4, 0.5) is 5.69 Å². The van der Waals surface area contributed by atoms with Gasteiger partial charge in [-0.25, -0.2) is 9.67 Å². The van der Waals surface area contributed by atoms with E-state index in [1.165, 1.54) is 4.68 Å². The molecular formula is C12H15BrN4OS. The highest BCUT2D eigenvalue weighted by Gasteiger charge is 2.13. The molecule has 2 aromatic rings. The number of thiazole rings is 1. The average molecular weight is 343 g/mol. The second kappa shape index (κ2) is 5.83. The standard InChI is InChI=1S/C12H15BrN4OS/c1-4-10-16-9(6-19-10)7(2)15-8-5-14-17(3)12(18)11(8)13/h5-7,15H,4H2,1-3H3. The molecule has 7 heteroatoms. The van der Waals surface area contributed by atoms with E-state index in [9.17, 15) is 4.79 Å². The Morgan fingerprint density at radius 2 is 2.32 bits per heavy atom. The number of hydrogen-bond acceptors (Lipinski definition) is 5. The van der Waals surface area contributed by atoms with Crippen LogP contribution < -0.4 is 10.9 Å². The maximum absolute atomic E-state index is 11.8. The Labute approximate surface area is 123 Å². The predicted octanol–water partition coefficient (Wildman–Crippen LogP) is 2.73. The van der Waals surface area contributed by atoms with Gasteiger partial charge in [-0.05, 0) is 29.3 Å². The summed E-state index contributed by atoms with van der Waals surface area (Å²) in [6.45, 7) is 4.10. The summed E-state index contributed by atoms with van der Waals surface area (Å²) in [4.78, 5) is 16.3. The third kappa shape index (κ3) is 3.03. The SMILES string of the molecule is CCc1nc(C(C)Nc2cnn(C)c(=O)c2Br)cs1. The number of hydrogen-bond donors (Lipinski definition) is 1. The second-order valence-electron chi connectivity index (χ2n) is 4.19. The number of aryl methyl sites for hydroxylation is 2. The van der Waals surface area contributed by atoms with Crippen molar-refractivity contribution in [3.8, 4) is 0 Å². The minimum absolute atomic E-state index is 0.0294.